The van der Waals surface area contributed by atoms with E-state index in [1.54, 1.807) is 12.5 Å². The van der Waals surface area contributed by atoms with Crippen molar-refractivity contribution in [1.29, 1.82) is 0 Å². The Labute approximate surface area is 125 Å². The maximum atomic E-state index is 12.0. The van der Waals surface area contributed by atoms with Gasteiger partial charge in [0.1, 0.15) is 0 Å². The van der Waals surface area contributed by atoms with Crippen molar-refractivity contribution in [3.05, 3.63) is 43.0 Å². The van der Waals surface area contributed by atoms with Gasteiger partial charge in [-0.3, -0.25) is 4.79 Å². The predicted octanol–water partition coefficient (Wildman–Crippen LogP) is 2.59. The average Bonchev–Trinajstić information content (AvgIpc) is 2.98. The van der Waals surface area contributed by atoms with Crippen LogP contribution in [-0.4, -0.2) is 28.0 Å². The summed E-state index contributed by atoms with van der Waals surface area (Å²) in [5.41, 5.74) is 1.72. The summed E-state index contributed by atoms with van der Waals surface area (Å²) in [6.45, 7) is 5.05. The van der Waals surface area contributed by atoms with Crippen LogP contribution in [0.4, 0.5) is 5.69 Å². The number of aromatic nitrogens is 2. The van der Waals surface area contributed by atoms with Gasteiger partial charge in [0.15, 0.2) is 0 Å². The lowest BCUT2D eigenvalue weighted by Gasteiger charge is -2.12. The molecule has 2 N–H and O–H groups in total. The Hall–Kier alpha value is -2.14. The highest BCUT2D eigenvalue weighted by Crippen LogP contribution is 2.19. The van der Waals surface area contributed by atoms with Gasteiger partial charge in [0.25, 0.3) is 0 Å². The Balaban J connectivity index is 1.92. The Kier molecular flexibility index (Phi) is 5.51. The van der Waals surface area contributed by atoms with E-state index in [1.165, 1.54) is 0 Å². The number of carbonyl (C=O) groups excluding carboxylic acids is 1. The molecular formula is C16H22N4O. The van der Waals surface area contributed by atoms with Crippen LogP contribution in [0.3, 0.4) is 0 Å². The fourth-order valence-electron chi connectivity index (χ4n) is 2.06. The van der Waals surface area contributed by atoms with Gasteiger partial charge in [-0.1, -0.05) is 26.0 Å². The lowest BCUT2D eigenvalue weighted by molar-refractivity contribution is -0.116. The number of nitrogens with one attached hydrogen (secondary N) is 2. The van der Waals surface area contributed by atoms with Crippen molar-refractivity contribution in [1.82, 2.24) is 14.9 Å². The number of benzene rings is 1. The summed E-state index contributed by atoms with van der Waals surface area (Å²) in [6.07, 6.45) is 6.64. The molecule has 112 valence electrons. The predicted molar refractivity (Wildman–Crippen MR) is 84.6 cm³/mol. The van der Waals surface area contributed by atoms with E-state index in [0.717, 1.165) is 24.3 Å². The zero-order valence-corrected chi connectivity index (χ0v) is 12.5. The standard InChI is InChI=1S/C16H22N4O/c1-13(2)18-9-5-8-16(21)19-14-6-3-4-7-15(14)20-11-10-17-12-20/h3-4,6-7,10-13,18H,5,8-9H2,1-2H3,(H,19,21). The van der Waals surface area contributed by atoms with Gasteiger partial charge in [0, 0.05) is 24.9 Å². The smallest absolute Gasteiger partial charge is 0.224 e. The summed E-state index contributed by atoms with van der Waals surface area (Å²) >= 11 is 0. The number of hydrogen-bond acceptors (Lipinski definition) is 3. The summed E-state index contributed by atoms with van der Waals surface area (Å²) < 4.78 is 1.88. The van der Waals surface area contributed by atoms with Crippen molar-refractivity contribution in [3.8, 4) is 5.69 Å². The van der Waals surface area contributed by atoms with E-state index in [0.29, 0.717) is 12.5 Å². The van der Waals surface area contributed by atoms with Gasteiger partial charge in [-0.05, 0) is 25.1 Å². The second kappa shape index (κ2) is 7.59. The third kappa shape index (κ3) is 4.72. The van der Waals surface area contributed by atoms with Crippen LogP contribution in [0.15, 0.2) is 43.0 Å². The van der Waals surface area contributed by atoms with E-state index in [9.17, 15) is 4.79 Å². The van der Waals surface area contributed by atoms with Crippen molar-refractivity contribution in [2.24, 2.45) is 0 Å². The largest absolute Gasteiger partial charge is 0.324 e. The minimum Gasteiger partial charge on any atom is -0.324 e. The second-order valence-electron chi connectivity index (χ2n) is 5.25. The molecule has 1 aromatic heterocycles. The lowest BCUT2D eigenvalue weighted by atomic mass is 10.2. The van der Waals surface area contributed by atoms with Crippen molar-refractivity contribution < 1.29 is 4.79 Å². The third-order valence-corrected chi connectivity index (χ3v) is 3.09. The molecule has 0 spiro atoms. The number of anilines is 1. The number of nitrogens with zero attached hydrogens (tertiary/aromatic N) is 2. The highest BCUT2D eigenvalue weighted by Gasteiger charge is 2.07. The van der Waals surface area contributed by atoms with Crippen molar-refractivity contribution in [2.45, 2.75) is 32.7 Å². The van der Waals surface area contributed by atoms with Crippen LogP contribution in [-0.2, 0) is 4.79 Å². The van der Waals surface area contributed by atoms with Crippen molar-refractivity contribution >= 4 is 11.6 Å². The van der Waals surface area contributed by atoms with Gasteiger partial charge in [-0.15, -0.1) is 0 Å². The topological polar surface area (TPSA) is 59.0 Å². The van der Waals surface area contributed by atoms with Crippen LogP contribution in [0.25, 0.3) is 5.69 Å². The third-order valence-electron chi connectivity index (χ3n) is 3.09. The van der Waals surface area contributed by atoms with E-state index in [1.807, 2.05) is 35.0 Å². The minimum absolute atomic E-state index is 0.0353. The van der Waals surface area contributed by atoms with Gasteiger partial charge in [-0.2, -0.15) is 0 Å². The van der Waals surface area contributed by atoms with E-state index >= 15 is 0 Å². The lowest BCUT2D eigenvalue weighted by Crippen LogP contribution is -2.24. The quantitative estimate of drug-likeness (QED) is 0.769. The monoisotopic (exact) mass is 286 g/mol. The first-order valence-electron chi connectivity index (χ1n) is 7.27. The summed E-state index contributed by atoms with van der Waals surface area (Å²) in [4.78, 5) is 16.1. The van der Waals surface area contributed by atoms with Crippen LogP contribution in [0.2, 0.25) is 0 Å². The molecule has 0 saturated heterocycles. The molecule has 21 heavy (non-hydrogen) atoms. The fourth-order valence-corrected chi connectivity index (χ4v) is 2.06. The Morgan fingerprint density at radius 3 is 2.86 bits per heavy atom. The van der Waals surface area contributed by atoms with Gasteiger partial charge >= 0.3 is 0 Å². The molecule has 0 aliphatic rings. The zero-order chi connectivity index (χ0) is 15.1. The summed E-state index contributed by atoms with van der Waals surface area (Å²) in [5, 5.41) is 6.28. The van der Waals surface area contributed by atoms with Crippen LogP contribution in [0.5, 0.6) is 0 Å². The average molecular weight is 286 g/mol. The minimum atomic E-state index is 0.0353. The Bertz CT molecular complexity index is 563. The molecule has 0 bridgehead atoms. The number of hydrogen-bond donors (Lipinski definition) is 2. The molecule has 2 aromatic rings. The van der Waals surface area contributed by atoms with Gasteiger partial charge in [0.05, 0.1) is 17.7 Å². The molecule has 1 heterocycles. The van der Waals surface area contributed by atoms with Gasteiger partial charge < -0.3 is 15.2 Å². The molecule has 0 aliphatic heterocycles. The Morgan fingerprint density at radius 2 is 2.14 bits per heavy atom. The molecule has 0 aliphatic carbocycles. The number of para-hydroxylation sites is 2. The number of imidazole rings is 1. The maximum absolute atomic E-state index is 12.0. The summed E-state index contributed by atoms with van der Waals surface area (Å²) in [5.74, 6) is 0.0353. The Morgan fingerprint density at radius 1 is 1.33 bits per heavy atom. The highest BCUT2D eigenvalue weighted by atomic mass is 16.1. The molecule has 0 fully saturated rings. The van der Waals surface area contributed by atoms with Crippen LogP contribution >= 0.6 is 0 Å². The van der Waals surface area contributed by atoms with Crippen molar-refractivity contribution in [2.75, 3.05) is 11.9 Å². The van der Waals surface area contributed by atoms with Gasteiger partial charge in [-0.25, -0.2) is 4.98 Å². The van der Waals surface area contributed by atoms with Crippen LogP contribution in [0, 0.1) is 0 Å². The van der Waals surface area contributed by atoms with Crippen LogP contribution < -0.4 is 10.6 Å². The first-order valence-corrected chi connectivity index (χ1v) is 7.27. The van der Waals surface area contributed by atoms with Gasteiger partial charge in [0.2, 0.25) is 5.91 Å². The molecule has 2 rings (SSSR count). The first kappa shape index (κ1) is 15.3. The van der Waals surface area contributed by atoms with Crippen LogP contribution in [0.1, 0.15) is 26.7 Å². The molecular weight excluding hydrogens is 264 g/mol. The molecule has 0 saturated carbocycles. The molecule has 0 radical (unpaired) electrons. The van der Waals surface area contributed by atoms with Crippen molar-refractivity contribution in [3.63, 3.8) is 0 Å². The maximum Gasteiger partial charge on any atom is 0.224 e. The first-order chi connectivity index (χ1) is 10.2. The zero-order valence-electron chi connectivity index (χ0n) is 12.5. The van der Waals surface area contributed by atoms with E-state index in [-0.39, 0.29) is 5.91 Å². The normalized spacial score (nSPS) is 10.8. The number of amides is 1. The van der Waals surface area contributed by atoms with E-state index in [2.05, 4.69) is 29.5 Å². The molecule has 0 unspecified atom stereocenters. The number of rotatable bonds is 7. The summed E-state index contributed by atoms with van der Waals surface area (Å²) in [6, 6.07) is 8.17. The molecule has 1 amide bonds. The summed E-state index contributed by atoms with van der Waals surface area (Å²) in [7, 11) is 0. The molecule has 0 atom stereocenters. The van der Waals surface area contributed by atoms with E-state index in [4.69, 9.17) is 0 Å². The molecule has 5 nitrogen and oxygen atoms in total. The SMILES string of the molecule is CC(C)NCCCC(=O)Nc1ccccc1-n1ccnc1. The highest BCUT2D eigenvalue weighted by molar-refractivity contribution is 5.92. The molecule has 5 heteroatoms. The number of carbonyl (C=O) groups is 1. The fraction of sp³-hybridized carbons (Fsp3) is 0.375. The second-order valence-corrected chi connectivity index (χ2v) is 5.25. The molecule has 1 aromatic carbocycles. The van der Waals surface area contributed by atoms with E-state index < -0.39 is 0 Å².